The van der Waals surface area contributed by atoms with E-state index in [1.807, 2.05) is 20.8 Å². The molecule has 2 nitrogen and oxygen atoms in total. The van der Waals surface area contributed by atoms with Crippen LogP contribution in [-0.2, 0) is 4.79 Å². The predicted octanol–water partition coefficient (Wildman–Crippen LogP) is 1.40. The Labute approximate surface area is 55.7 Å². The van der Waals surface area contributed by atoms with E-state index in [-0.39, 0.29) is 5.41 Å². The highest BCUT2D eigenvalue weighted by Crippen LogP contribution is 2.22. The minimum Gasteiger partial charge on any atom is -0.268 e. The fourth-order valence-electron chi connectivity index (χ4n) is 0.341. The van der Waals surface area contributed by atoms with E-state index in [0.29, 0.717) is 5.57 Å². The topological polar surface area (TPSA) is 40.9 Å². The van der Waals surface area contributed by atoms with E-state index in [1.54, 1.807) is 0 Å². The summed E-state index contributed by atoms with van der Waals surface area (Å²) in [6, 6.07) is 0. The molecule has 0 spiro atoms. The summed E-state index contributed by atoms with van der Waals surface area (Å²) in [5.41, 5.74) is 6.81. The summed E-state index contributed by atoms with van der Waals surface area (Å²) in [5, 5.41) is 0. The first-order chi connectivity index (χ1) is 3.85. The summed E-state index contributed by atoms with van der Waals surface area (Å²) in [5.74, 6) is -0.664. The quantitative estimate of drug-likeness (QED) is 0.489. The highest BCUT2D eigenvalue weighted by molar-refractivity contribution is 5.91. The largest absolute Gasteiger partial charge is 0.268 e. The zero-order valence-electron chi connectivity index (χ0n) is 6.12. The molecule has 1 radical (unpaired) electrons. The van der Waals surface area contributed by atoms with Crippen molar-refractivity contribution in [1.82, 2.24) is 5.73 Å². The lowest BCUT2D eigenvalue weighted by Crippen LogP contribution is -2.17. The van der Waals surface area contributed by atoms with E-state index in [1.165, 1.54) is 0 Å². The molecule has 0 aliphatic heterocycles. The van der Waals surface area contributed by atoms with Gasteiger partial charge in [-0.1, -0.05) is 27.4 Å². The van der Waals surface area contributed by atoms with Crippen LogP contribution in [0.3, 0.4) is 0 Å². The van der Waals surface area contributed by atoms with Crippen molar-refractivity contribution in [2.75, 3.05) is 0 Å². The summed E-state index contributed by atoms with van der Waals surface area (Å²) in [4.78, 5) is 10.4. The molecule has 0 aromatic carbocycles. The van der Waals surface area contributed by atoms with Gasteiger partial charge in [0.2, 0.25) is 0 Å². The molecule has 0 bridgehead atoms. The summed E-state index contributed by atoms with van der Waals surface area (Å²) in [6.45, 7) is 9.08. The monoisotopic (exact) mass is 126 g/mol. The fraction of sp³-hybridized carbons (Fsp3) is 0.571. The molecule has 0 rings (SSSR count). The molecule has 0 fully saturated rings. The van der Waals surface area contributed by atoms with Crippen LogP contribution in [0, 0.1) is 5.41 Å². The summed E-state index contributed by atoms with van der Waals surface area (Å²) >= 11 is 0. The third-order valence-corrected chi connectivity index (χ3v) is 1.18. The van der Waals surface area contributed by atoms with Crippen molar-refractivity contribution in [2.24, 2.45) is 5.41 Å². The molecule has 0 saturated heterocycles. The van der Waals surface area contributed by atoms with Gasteiger partial charge in [0.1, 0.15) is 0 Å². The smallest absolute Gasteiger partial charge is 0.265 e. The van der Waals surface area contributed by atoms with Crippen molar-refractivity contribution in [1.29, 1.82) is 0 Å². The molecule has 0 unspecified atom stereocenters. The number of rotatable bonds is 1. The Morgan fingerprint density at radius 3 is 1.78 bits per heavy atom. The van der Waals surface area contributed by atoms with E-state index < -0.39 is 5.91 Å². The third-order valence-electron chi connectivity index (χ3n) is 1.18. The first-order valence-corrected chi connectivity index (χ1v) is 2.81. The number of hydrogen-bond donors (Lipinski definition) is 0. The lowest BCUT2D eigenvalue weighted by Gasteiger charge is -2.17. The van der Waals surface area contributed by atoms with Crippen LogP contribution in [0.1, 0.15) is 20.8 Å². The molecule has 2 heteroatoms. The van der Waals surface area contributed by atoms with Gasteiger partial charge in [-0.05, 0) is 5.41 Å². The summed E-state index contributed by atoms with van der Waals surface area (Å²) in [6.07, 6.45) is 0. The lowest BCUT2D eigenvalue weighted by molar-refractivity contribution is -0.116. The molecule has 0 aliphatic rings. The van der Waals surface area contributed by atoms with Crippen molar-refractivity contribution >= 4 is 5.91 Å². The molecule has 0 heterocycles. The maximum absolute atomic E-state index is 10.4. The second-order valence-corrected chi connectivity index (χ2v) is 3.06. The van der Waals surface area contributed by atoms with Crippen LogP contribution in [-0.4, -0.2) is 5.91 Å². The summed E-state index contributed by atoms with van der Waals surface area (Å²) in [7, 11) is 0. The van der Waals surface area contributed by atoms with Gasteiger partial charge in [-0.3, -0.25) is 10.5 Å². The lowest BCUT2D eigenvalue weighted by atomic mass is 9.87. The van der Waals surface area contributed by atoms with Crippen molar-refractivity contribution in [3.8, 4) is 0 Å². The normalized spacial score (nSPS) is 11.0. The molecule has 51 valence electrons. The Balaban J connectivity index is 4.23. The first-order valence-electron chi connectivity index (χ1n) is 2.81. The Hall–Kier alpha value is -0.790. The van der Waals surface area contributed by atoms with Crippen molar-refractivity contribution in [2.45, 2.75) is 20.8 Å². The van der Waals surface area contributed by atoms with Gasteiger partial charge < -0.3 is 0 Å². The fourth-order valence-corrected chi connectivity index (χ4v) is 0.341. The number of hydrogen-bond acceptors (Lipinski definition) is 1. The third kappa shape index (κ3) is 2.31. The van der Waals surface area contributed by atoms with Crippen LogP contribution in [0.15, 0.2) is 12.2 Å². The second-order valence-electron chi connectivity index (χ2n) is 3.06. The van der Waals surface area contributed by atoms with Gasteiger partial charge in [-0.25, -0.2) is 0 Å². The number of carbonyl (C=O) groups is 1. The van der Waals surface area contributed by atoms with Gasteiger partial charge in [0.25, 0.3) is 5.91 Å². The van der Waals surface area contributed by atoms with Crippen LogP contribution in [0.25, 0.3) is 0 Å². The maximum atomic E-state index is 10.4. The van der Waals surface area contributed by atoms with Gasteiger partial charge in [0.05, 0.1) is 0 Å². The van der Waals surface area contributed by atoms with Crippen molar-refractivity contribution in [3.05, 3.63) is 12.2 Å². The minimum absolute atomic E-state index is 0.251. The SMILES string of the molecule is C=C(C([NH])=O)C(C)(C)C. The van der Waals surface area contributed by atoms with Gasteiger partial charge >= 0.3 is 0 Å². The van der Waals surface area contributed by atoms with Crippen molar-refractivity contribution in [3.63, 3.8) is 0 Å². The van der Waals surface area contributed by atoms with Crippen molar-refractivity contribution < 1.29 is 4.79 Å². The van der Waals surface area contributed by atoms with Gasteiger partial charge in [0, 0.05) is 5.57 Å². The number of carbonyl (C=O) groups excluding carboxylic acids is 1. The number of amides is 1. The zero-order chi connectivity index (χ0) is 7.65. The van der Waals surface area contributed by atoms with E-state index in [0.717, 1.165) is 0 Å². The van der Waals surface area contributed by atoms with Gasteiger partial charge in [0.15, 0.2) is 0 Å². The predicted molar refractivity (Wildman–Crippen MR) is 36.7 cm³/mol. The molecule has 1 N–H and O–H groups in total. The molecule has 0 aromatic heterocycles. The highest BCUT2D eigenvalue weighted by Gasteiger charge is 2.19. The van der Waals surface area contributed by atoms with E-state index in [4.69, 9.17) is 5.73 Å². The van der Waals surface area contributed by atoms with Crippen LogP contribution in [0.4, 0.5) is 0 Å². The van der Waals surface area contributed by atoms with Gasteiger partial charge in [-0.15, -0.1) is 0 Å². The number of nitrogens with one attached hydrogen (secondary N) is 1. The molecular formula is C7H12NO. The van der Waals surface area contributed by atoms with Crippen LogP contribution in [0.5, 0.6) is 0 Å². The minimum atomic E-state index is -0.664. The standard InChI is InChI=1S/C7H12NO/c1-5(6(8)9)7(2,3)4/h8H,1H2,2-4H3. The summed E-state index contributed by atoms with van der Waals surface area (Å²) < 4.78 is 0. The molecular weight excluding hydrogens is 114 g/mol. The van der Waals surface area contributed by atoms with Crippen LogP contribution >= 0.6 is 0 Å². The highest BCUT2D eigenvalue weighted by atomic mass is 16.1. The molecule has 9 heavy (non-hydrogen) atoms. The molecule has 0 aliphatic carbocycles. The average molecular weight is 126 g/mol. The Morgan fingerprint density at radius 1 is 1.44 bits per heavy atom. The second kappa shape index (κ2) is 2.21. The maximum Gasteiger partial charge on any atom is 0.265 e. The van der Waals surface area contributed by atoms with Crippen LogP contribution < -0.4 is 5.73 Å². The van der Waals surface area contributed by atoms with E-state index in [9.17, 15) is 4.79 Å². The first kappa shape index (κ1) is 8.21. The average Bonchev–Trinajstić information content (AvgIpc) is 1.62. The Morgan fingerprint density at radius 2 is 1.78 bits per heavy atom. The van der Waals surface area contributed by atoms with E-state index >= 15 is 0 Å². The molecule has 1 amide bonds. The zero-order valence-corrected chi connectivity index (χ0v) is 6.12. The Kier molecular flexibility index (Phi) is 2.02. The molecule has 0 atom stereocenters. The Bertz CT molecular complexity index is 141. The van der Waals surface area contributed by atoms with E-state index in [2.05, 4.69) is 6.58 Å². The van der Waals surface area contributed by atoms with Gasteiger partial charge in [-0.2, -0.15) is 0 Å². The molecule has 0 aromatic rings. The molecule has 0 saturated carbocycles. The van der Waals surface area contributed by atoms with Crippen LogP contribution in [0.2, 0.25) is 0 Å².